The molecule has 19 heavy (non-hydrogen) atoms. The van der Waals surface area contributed by atoms with Gasteiger partial charge in [-0.25, -0.2) is 0 Å². The van der Waals surface area contributed by atoms with E-state index in [1.54, 1.807) is 0 Å². The Hall–Kier alpha value is -1.56. The van der Waals surface area contributed by atoms with Crippen LogP contribution in [0.2, 0.25) is 0 Å². The summed E-state index contributed by atoms with van der Waals surface area (Å²) in [6, 6.07) is 8.55. The molecule has 0 aliphatic carbocycles. The summed E-state index contributed by atoms with van der Waals surface area (Å²) < 4.78 is 39.6. The van der Waals surface area contributed by atoms with Gasteiger partial charge in [0, 0.05) is 0 Å². The van der Waals surface area contributed by atoms with Gasteiger partial charge in [0.2, 0.25) is 0 Å². The molecular weight excluding hydrogens is 259 g/mol. The van der Waals surface area contributed by atoms with Crippen LogP contribution in [0.5, 0.6) is 0 Å². The molecule has 0 radical (unpaired) electrons. The van der Waals surface area contributed by atoms with Crippen LogP contribution in [-0.4, -0.2) is 24.8 Å². The zero-order chi connectivity index (χ0) is 14.3. The normalized spacial score (nSPS) is 13.1. The van der Waals surface area contributed by atoms with Crippen LogP contribution < -0.4 is 5.73 Å². The maximum atomic E-state index is 11.8. The molecule has 0 aliphatic rings. The van der Waals surface area contributed by atoms with Crippen LogP contribution in [0.15, 0.2) is 30.3 Å². The topological polar surface area (TPSA) is 52.3 Å². The number of halogens is 3. The molecule has 0 amide bonds. The van der Waals surface area contributed by atoms with E-state index in [1.165, 1.54) is 0 Å². The number of carbonyl (C=O) groups excluding carboxylic acids is 1. The van der Waals surface area contributed by atoms with Crippen LogP contribution in [0.1, 0.15) is 18.4 Å². The fourth-order valence-electron chi connectivity index (χ4n) is 1.55. The van der Waals surface area contributed by atoms with Crippen molar-refractivity contribution >= 4 is 5.97 Å². The second-order valence-corrected chi connectivity index (χ2v) is 4.21. The van der Waals surface area contributed by atoms with Gasteiger partial charge in [0.1, 0.15) is 6.04 Å². The number of hydrogen-bond acceptors (Lipinski definition) is 3. The second-order valence-electron chi connectivity index (χ2n) is 4.21. The predicted molar refractivity (Wildman–Crippen MR) is 64.4 cm³/mol. The smallest absolute Gasteiger partial charge is 0.422 e. The van der Waals surface area contributed by atoms with Gasteiger partial charge in [-0.3, -0.25) is 4.79 Å². The molecule has 0 saturated heterocycles. The summed E-state index contributed by atoms with van der Waals surface area (Å²) in [5, 5.41) is 0. The Bertz CT molecular complexity index is 393. The van der Waals surface area contributed by atoms with Crippen LogP contribution in [0.25, 0.3) is 0 Å². The van der Waals surface area contributed by atoms with Gasteiger partial charge in [-0.05, 0) is 24.8 Å². The highest BCUT2D eigenvalue weighted by atomic mass is 19.4. The van der Waals surface area contributed by atoms with Crippen molar-refractivity contribution < 1.29 is 22.7 Å². The van der Waals surface area contributed by atoms with Crippen molar-refractivity contribution in [2.24, 2.45) is 5.73 Å². The molecule has 3 nitrogen and oxygen atoms in total. The number of esters is 1. The molecule has 1 atom stereocenters. The number of hydrogen-bond donors (Lipinski definition) is 1. The van der Waals surface area contributed by atoms with Crippen LogP contribution in [0, 0.1) is 0 Å². The van der Waals surface area contributed by atoms with Crippen molar-refractivity contribution in [3.05, 3.63) is 35.9 Å². The van der Waals surface area contributed by atoms with Gasteiger partial charge in [0.25, 0.3) is 0 Å². The average molecular weight is 275 g/mol. The van der Waals surface area contributed by atoms with E-state index in [-0.39, 0.29) is 0 Å². The summed E-state index contributed by atoms with van der Waals surface area (Å²) in [7, 11) is 0. The van der Waals surface area contributed by atoms with Crippen molar-refractivity contribution in [2.45, 2.75) is 31.5 Å². The van der Waals surface area contributed by atoms with E-state index in [0.29, 0.717) is 12.8 Å². The molecule has 0 aromatic heterocycles. The third-order valence-electron chi connectivity index (χ3n) is 2.50. The first-order valence-corrected chi connectivity index (χ1v) is 5.91. The number of carbonyl (C=O) groups is 1. The summed E-state index contributed by atoms with van der Waals surface area (Å²) in [6.07, 6.45) is -2.88. The number of nitrogens with two attached hydrogens (primary N) is 1. The lowest BCUT2D eigenvalue weighted by Gasteiger charge is -2.12. The lowest BCUT2D eigenvalue weighted by atomic mass is 10.1. The van der Waals surface area contributed by atoms with Gasteiger partial charge < -0.3 is 10.5 Å². The SMILES string of the molecule is N[C@@H](CCCc1ccccc1)C(=O)OCC(F)(F)F. The fraction of sp³-hybridized carbons (Fsp3) is 0.462. The van der Waals surface area contributed by atoms with Gasteiger partial charge in [-0.2, -0.15) is 13.2 Å². The summed E-state index contributed by atoms with van der Waals surface area (Å²) in [4.78, 5) is 11.2. The zero-order valence-corrected chi connectivity index (χ0v) is 10.3. The lowest BCUT2D eigenvalue weighted by molar-refractivity contribution is -0.187. The first-order chi connectivity index (χ1) is 8.88. The molecule has 0 bridgehead atoms. The van der Waals surface area contributed by atoms with E-state index in [9.17, 15) is 18.0 Å². The molecule has 0 saturated carbocycles. The first-order valence-electron chi connectivity index (χ1n) is 5.91. The molecule has 0 fully saturated rings. The highest BCUT2D eigenvalue weighted by Gasteiger charge is 2.30. The minimum atomic E-state index is -4.51. The highest BCUT2D eigenvalue weighted by molar-refractivity contribution is 5.75. The van der Waals surface area contributed by atoms with Crippen molar-refractivity contribution in [1.82, 2.24) is 0 Å². The van der Waals surface area contributed by atoms with Gasteiger partial charge in [0.15, 0.2) is 6.61 Å². The number of alkyl halides is 3. The molecule has 1 aromatic rings. The lowest BCUT2D eigenvalue weighted by Crippen LogP contribution is -2.34. The van der Waals surface area contributed by atoms with Crippen LogP contribution in [0.3, 0.4) is 0 Å². The molecule has 0 aliphatic heterocycles. The fourth-order valence-corrected chi connectivity index (χ4v) is 1.55. The molecule has 1 aromatic carbocycles. The standard InChI is InChI=1S/C13H16F3NO2/c14-13(15,16)9-19-12(18)11(17)8-4-7-10-5-2-1-3-6-10/h1-3,5-6,11H,4,7-9,17H2/t11-/m0/s1. The van der Waals surface area contributed by atoms with Crippen molar-refractivity contribution in [2.75, 3.05) is 6.61 Å². The van der Waals surface area contributed by atoms with Gasteiger partial charge in [-0.15, -0.1) is 0 Å². The molecule has 0 spiro atoms. The van der Waals surface area contributed by atoms with Crippen LogP contribution in [-0.2, 0) is 16.0 Å². The Balaban J connectivity index is 2.23. The Kier molecular flexibility index (Phi) is 5.82. The maximum absolute atomic E-state index is 11.8. The Morgan fingerprint density at radius 3 is 2.47 bits per heavy atom. The van der Waals surface area contributed by atoms with Gasteiger partial charge >= 0.3 is 12.1 Å². The Labute approximate surface area is 109 Å². The predicted octanol–water partition coefficient (Wildman–Crippen LogP) is 2.44. The third kappa shape index (κ3) is 6.81. The highest BCUT2D eigenvalue weighted by Crippen LogP contribution is 2.15. The van der Waals surface area contributed by atoms with Crippen molar-refractivity contribution in [1.29, 1.82) is 0 Å². The Morgan fingerprint density at radius 2 is 1.89 bits per heavy atom. The first kappa shape index (κ1) is 15.5. The average Bonchev–Trinajstić information content (AvgIpc) is 2.36. The molecule has 1 rings (SSSR count). The molecule has 6 heteroatoms. The Morgan fingerprint density at radius 1 is 1.26 bits per heavy atom. The summed E-state index contributed by atoms with van der Waals surface area (Å²) in [5.74, 6) is -1.01. The number of rotatable bonds is 6. The maximum Gasteiger partial charge on any atom is 0.422 e. The number of ether oxygens (including phenoxy) is 1. The van der Waals surface area contributed by atoms with Gasteiger partial charge in [-0.1, -0.05) is 30.3 Å². The molecule has 106 valence electrons. The molecule has 0 heterocycles. The summed E-state index contributed by atoms with van der Waals surface area (Å²) >= 11 is 0. The molecular formula is C13H16F3NO2. The van der Waals surface area contributed by atoms with Gasteiger partial charge in [0.05, 0.1) is 0 Å². The van der Waals surface area contributed by atoms with E-state index in [1.807, 2.05) is 30.3 Å². The zero-order valence-electron chi connectivity index (χ0n) is 10.3. The molecule has 0 unspecified atom stereocenters. The second kappa shape index (κ2) is 7.13. The van der Waals surface area contributed by atoms with E-state index in [2.05, 4.69) is 4.74 Å². The number of aryl methyl sites for hydroxylation is 1. The third-order valence-corrected chi connectivity index (χ3v) is 2.50. The van der Waals surface area contributed by atoms with Crippen LogP contribution in [0.4, 0.5) is 13.2 Å². The molecule has 2 N–H and O–H groups in total. The van der Waals surface area contributed by atoms with Crippen LogP contribution >= 0.6 is 0 Å². The number of benzene rings is 1. The van der Waals surface area contributed by atoms with E-state index >= 15 is 0 Å². The summed E-state index contributed by atoms with van der Waals surface area (Å²) in [6.45, 7) is -1.59. The minimum Gasteiger partial charge on any atom is -0.455 e. The largest absolute Gasteiger partial charge is 0.455 e. The summed E-state index contributed by atoms with van der Waals surface area (Å²) in [5.41, 5.74) is 6.56. The van der Waals surface area contributed by atoms with E-state index in [0.717, 1.165) is 12.0 Å². The van der Waals surface area contributed by atoms with E-state index in [4.69, 9.17) is 5.73 Å². The van der Waals surface area contributed by atoms with Crippen molar-refractivity contribution in [3.63, 3.8) is 0 Å². The van der Waals surface area contributed by atoms with Crippen molar-refractivity contribution in [3.8, 4) is 0 Å². The van der Waals surface area contributed by atoms with E-state index < -0.39 is 24.8 Å². The monoisotopic (exact) mass is 275 g/mol. The quantitative estimate of drug-likeness (QED) is 0.811. The minimum absolute atomic E-state index is 0.297.